The van der Waals surface area contributed by atoms with Crippen LogP contribution in [0.15, 0.2) is 42.5 Å². The minimum absolute atomic E-state index is 0.302. The second kappa shape index (κ2) is 7.91. The van der Waals surface area contributed by atoms with E-state index in [0.717, 1.165) is 47.9 Å². The largest absolute Gasteiger partial charge is 0.465 e. The summed E-state index contributed by atoms with van der Waals surface area (Å²) in [4.78, 5) is 24.2. The van der Waals surface area contributed by atoms with Gasteiger partial charge in [-0.1, -0.05) is 43.5 Å². The van der Waals surface area contributed by atoms with Crippen molar-refractivity contribution >= 4 is 34.1 Å². The Kier molecular flexibility index (Phi) is 4.86. The molecular weight excluding hydrogens is 412 g/mol. The van der Waals surface area contributed by atoms with Crippen LogP contribution in [0.3, 0.4) is 0 Å². The van der Waals surface area contributed by atoms with E-state index in [9.17, 15) is 9.59 Å². The van der Waals surface area contributed by atoms with E-state index in [4.69, 9.17) is 4.74 Å². The summed E-state index contributed by atoms with van der Waals surface area (Å²) in [6.45, 7) is 1.64. The summed E-state index contributed by atoms with van der Waals surface area (Å²) in [7, 11) is 1.43. The second-order valence-corrected chi connectivity index (χ2v) is 9.41. The van der Waals surface area contributed by atoms with Crippen LogP contribution in [0.2, 0.25) is 0 Å². The van der Waals surface area contributed by atoms with E-state index in [1.165, 1.54) is 61.4 Å². The molecule has 6 rings (SSSR count). The molecule has 0 amide bonds. The van der Waals surface area contributed by atoms with Gasteiger partial charge in [0.25, 0.3) is 0 Å². The van der Waals surface area contributed by atoms with Gasteiger partial charge in [0, 0.05) is 34.9 Å². The minimum Gasteiger partial charge on any atom is -0.465 e. The molecule has 4 aromatic rings. The van der Waals surface area contributed by atoms with Gasteiger partial charge in [0.1, 0.15) is 0 Å². The molecule has 168 valence electrons. The maximum absolute atomic E-state index is 12.3. The third-order valence-electron chi connectivity index (χ3n) is 7.63. The van der Waals surface area contributed by atoms with Crippen molar-refractivity contribution in [3.63, 3.8) is 0 Å². The van der Waals surface area contributed by atoms with E-state index < -0.39 is 0 Å². The molecule has 5 nitrogen and oxygen atoms in total. The predicted octanol–water partition coefficient (Wildman–Crippen LogP) is 6.31. The second-order valence-electron chi connectivity index (χ2n) is 9.41. The molecule has 1 fully saturated rings. The van der Waals surface area contributed by atoms with Crippen LogP contribution in [-0.4, -0.2) is 28.5 Å². The van der Waals surface area contributed by atoms with Crippen molar-refractivity contribution < 1.29 is 14.3 Å². The molecular formula is C28H28N2O3. The van der Waals surface area contributed by atoms with E-state index in [0.29, 0.717) is 11.5 Å². The number of hydrogen-bond donors (Lipinski definition) is 0. The van der Waals surface area contributed by atoms with Crippen LogP contribution in [0.25, 0.3) is 33.1 Å². The SMILES string of the molecule is COC(=O)c1ccc2c(C3CCCCC3)c3n(c2c1)CCCn1c(C=O)cc2cccc-3c21. The third-order valence-corrected chi connectivity index (χ3v) is 7.63. The zero-order valence-electron chi connectivity index (χ0n) is 19.0. The molecule has 2 aromatic heterocycles. The smallest absolute Gasteiger partial charge is 0.337 e. The first-order chi connectivity index (χ1) is 16.2. The number of carbonyl (C=O) groups excluding carboxylic acids is 2. The average molecular weight is 441 g/mol. The van der Waals surface area contributed by atoms with E-state index >= 15 is 0 Å². The van der Waals surface area contributed by atoms with Crippen molar-refractivity contribution in [2.45, 2.75) is 57.5 Å². The molecule has 1 saturated carbocycles. The van der Waals surface area contributed by atoms with Gasteiger partial charge in [-0.2, -0.15) is 0 Å². The van der Waals surface area contributed by atoms with Crippen LogP contribution in [0.4, 0.5) is 0 Å². The number of hydrogen-bond acceptors (Lipinski definition) is 3. The molecule has 0 bridgehead atoms. The number of ether oxygens (including phenoxy) is 1. The van der Waals surface area contributed by atoms with Crippen LogP contribution in [0.1, 0.15) is 70.9 Å². The lowest BCUT2D eigenvalue weighted by Gasteiger charge is -2.25. The molecule has 0 unspecified atom stereocenters. The van der Waals surface area contributed by atoms with Crippen molar-refractivity contribution in [3.05, 3.63) is 59.3 Å². The summed E-state index contributed by atoms with van der Waals surface area (Å²) in [5.74, 6) is 0.203. The molecule has 0 atom stereocenters. The molecule has 33 heavy (non-hydrogen) atoms. The number of rotatable bonds is 3. The molecule has 0 radical (unpaired) electrons. The number of para-hydroxylation sites is 1. The number of fused-ring (bicyclic) bond motifs is 4. The van der Waals surface area contributed by atoms with Gasteiger partial charge in [0.15, 0.2) is 6.29 Å². The fraction of sp³-hybridized carbons (Fsp3) is 0.357. The van der Waals surface area contributed by atoms with Crippen LogP contribution in [0.5, 0.6) is 0 Å². The Hall–Kier alpha value is -3.34. The lowest BCUT2D eigenvalue weighted by atomic mass is 9.81. The topological polar surface area (TPSA) is 53.2 Å². The number of carbonyl (C=O) groups is 2. The van der Waals surface area contributed by atoms with Gasteiger partial charge in [-0.3, -0.25) is 4.79 Å². The van der Waals surface area contributed by atoms with Gasteiger partial charge in [0.05, 0.1) is 29.6 Å². The lowest BCUT2D eigenvalue weighted by Crippen LogP contribution is -2.13. The summed E-state index contributed by atoms with van der Waals surface area (Å²) in [6, 6.07) is 14.5. The normalized spacial score (nSPS) is 16.4. The minimum atomic E-state index is -0.302. The highest BCUT2D eigenvalue weighted by molar-refractivity contribution is 6.04. The Morgan fingerprint density at radius 2 is 1.82 bits per heavy atom. The van der Waals surface area contributed by atoms with Crippen molar-refractivity contribution in [2.75, 3.05) is 7.11 Å². The highest BCUT2D eigenvalue weighted by Gasteiger charge is 2.29. The first kappa shape index (κ1) is 20.3. The Morgan fingerprint density at radius 3 is 2.61 bits per heavy atom. The zero-order chi connectivity index (χ0) is 22.5. The van der Waals surface area contributed by atoms with Gasteiger partial charge in [0.2, 0.25) is 0 Å². The Balaban J connectivity index is 1.72. The number of nitrogens with zero attached hydrogens (tertiary/aromatic N) is 2. The van der Waals surface area contributed by atoms with Crippen LogP contribution in [0, 0.1) is 0 Å². The number of aldehydes is 1. The van der Waals surface area contributed by atoms with Crippen LogP contribution in [-0.2, 0) is 17.8 Å². The molecule has 1 aliphatic heterocycles. The average Bonchev–Trinajstić information content (AvgIpc) is 3.37. The first-order valence-corrected chi connectivity index (χ1v) is 12.0. The summed E-state index contributed by atoms with van der Waals surface area (Å²) < 4.78 is 9.65. The fourth-order valence-electron chi connectivity index (χ4n) is 6.21. The van der Waals surface area contributed by atoms with E-state index in [1.54, 1.807) is 0 Å². The summed E-state index contributed by atoms with van der Waals surface area (Å²) in [5, 5.41) is 2.36. The third kappa shape index (κ3) is 3.05. The van der Waals surface area contributed by atoms with Crippen molar-refractivity contribution in [1.82, 2.24) is 9.13 Å². The molecule has 0 spiro atoms. The van der Waals surface area contributed by atoms with Gasteiger partial charge in [-0.15, -0.1) is 0 Å². The number of methoxy groups -OCH3 is 1. The Labute approximate surface area is 192 Å². The van der Waals surface area contributed by atoms with Crippen LogP contribution < -0.4 is 0 Å². The van der Waals surface area contributed by atoms with Gasteiger partial charge >= 0.3 is 5.97 Å². The van der Waals surface area contributed by atoms with E-state index in [-0.39, 0.29) is 5.97 Å². The van der Waals surface area contributed by atoms with Crippen LogP contribution >= 0.6 is 0 Å². The fourth-order valence-corrected chi connectivity index (χ4v) is 6.21. The summed E-state index contributed by atoms with van der Waals surface area (Å²) >= 11 is 0. The van der Waals surface area contributed by atoms with Crippen molar-refractivity contribution in [1.29, 1.82) is 0 Å². The number of aromatic nitrogens is 2. The first-order valence-electron chi connectivity index (χ1n) is 12.0. The summed E-state index contributed by atoms with van der Waals surface area (Å²) in [6.07, 6.45) is 8.11. The number of benzene rings is 2. The molecule has 0 saturated heterocycles. The predicted molar refractivity (Wildman–Crippen MR) is 130 cm³/mol. The number of esters is 1. The van der Waals surface area contributed by atoms with Gasteiger partial charge in [-0.25, -0.2) is 4.79 Å². The highest BCUT2D eigenvalue weighted by atomic mass is 16.5. The van der Waals surface area contributed by atoms with Gasteiger partial charge < -0.3 is 13.9 Å². The maximum Gasteiger partial charge on any atom is 0.337 e. The maximum atomic E-state index is 12.3. The monoisotopic (exact) mass is 440 g/mol. The lowest BCUT2D eigenvalue weighted by molar-refractivity contribution is 0.0600. The zero-order valence-corrected chi connectivity index (χ0v) is 19.0. The van der Waals surface area contributed by atoms with Crippen molar-refractivity contribution in [2.24, 2.45) is 0 Å². The standard InChI is InChI=1S/C28H28N2O3/c1-33-28(32)20-11-12-22-24(16-20)30-14-6-13-29-21(17-31)15-19-9-5-10-23(26(19)29)27(30)25(22)18-7-3-2-4-8-18/h5,9-12,15-18H,2-4,6-8,13-14H2,1H3. The molecule has 5 heteroatoms. The molecule has 1 aliphatic carbocycles. The number of aryl methyl sites for hydroxylation is 2. The van der Waals surface area contributed by atoms with E-state index in [1.807, 2.05) is 18.2 Å². The Morgan fingerprint density at radius 1 is 1.00 bits per heavy atom. The van der Waals surface area contributed by atoms with E-state index in [2.05, 4.69) is 33.4 Å². The molecule has 2 aromatic carbocycles. The molecule has 3 heterocycles. The van der Waals surface area contributed by atoms with Gasteiger partial charge in [-0.05, 0) is 48.9 Å². The van der Waals surface area contributed by atoms with Crippen molar-refractivity contribution in [3.8, 4) is 11.3 Å². The summed E-state index contributed by atoms with van der Waals surface area (Å²) in [5.41, 5.74) is 7.46. The highest BCUT2D eigenvalue weighted by Crippen LogP contribution is 2.46. The Bertz CT molecular complexity index is 1400. The molecule has 2 aliphatic rings. The quantitative estimate of drug-likeness (QED) is 0.277. The molecule has 0 N–H and O–H groups in total.